The molecule has 0 aliphatic rings. The second-order valence-electron chi connectivity index (χ2n) is 3.31. The van der Waals surface area contributed by atoms with Crippen molar-refractivity contribution < 1.29 is 0 Å². The molecule has 88 valence electrons. The van der Waals surface area contributed by atoms with E-state index in [-0.39, 0.29) is 0 Å². The molecule has 17 heavy (non-hydrogen) atoms. The summed E-state index contributed by atoms with van der Waals surface area (Å²) in [5.41, 5.74) is 1.07. The number of pyridine rings is 1. The van der Waals surface area contributed by atoms with Crippen LogP contribution in [0.4, 0.5) is 11.5 Å². The van der Waals surface area contributed by atoms with Gasteiger partial charge in [0.25, 0.3) is 0 Å². The third-order valence-electron chi connectivity index (χ3n) is 2.17. The highest BCUT2D eigenvalue weighted by molar-refractivity contribution is 9.11. The van der Waals surface area contributed by atoms with Crippen LogP contribution in [0.25, 0.3) is 0 Å². The normalized spacial score (nSPS) is 10.3. The maximum absolute atomic E-state index is 4.33. The predicted octanol–water partition coefficient (Wildman–Crippen LogP) is 5.07. The molecule has 0 saturated heterocycles. The van der Waals surface area contributed by atoms with E-state index in [1.807, 2.05) is 24.3 Å². The lowest BCUT2D eigenvalue weighted by Crippen LogP contribution is -1.95. The van der Waals surface area contributed by atoms with Crippen molar-refractivity contribution in [2.45, 2.75) is 4.90 Å². The number of halogens is 2. The maximum Gasteiger partial charge on any atom is 0.144 e. The Balaban J connectivity index is 2.31. The zero-order valence-electron chi connectivity index (χ0n) is 9.08. The third kappa shape index (κ3) is 3.24. The summed E-state index contributed by atoms with van der Waals surface area (Å²) in [4.78, 5) is 5.53. The summed E-state index contributed by atoms with van der Waals surface area (Å²) in [7, 11) is 0. The minimum atomic E-state index is 0.815. The Labute approximate surface area is 121 Å². The smallest absolute Gasteiger partial charge is 0.144 e. The Kier molecular flexibility index (Phi) is 4.48. The number of nitrogens with one attached hydrogen (secondary N) is 1. The SMILES string of the molecule is CSc1ccccc1Nc1ncc(Br)cc1Br. The van der Waals surface area contributed by atoms with Crippen LogP contribution in [0.5, 0.6) is 0 Å². The van der Waals surface area contributed by atoms with Crippen LogP contribution < -0.4 is 5.32 Å². The predicted molar refractivity (Wildman–Crippen MR) is 81.1 cm³/mol. The fraction of sp³-hybridized carbons (Fsp3) is 0.0833. The van der Waals surface area contributed by atoms with Gasteiger partial charge >= 0.3 is 0 Å². The van der Waals surface area contributed by atoms with Gasteiger partial charge in [0.1, 0.15) is 5.82 Å². The molecule has 0 saturated carbocycles. The van der Waals surface area contributed by atoms with Gasteiger partial charge in [-0.25, -0.2) is 4.98 Å². The van der Waals surface area contributed by atoms with Crippen LogP contribution >= 0.6 is 43.6 Å². The summed E-state index contributed by atoms with van der Waals surface area (Å²) >= 11 is 8.58. The Morgan fingerprint density at radius 1 is 1.24 bits per heavy atom. The maximum atomic E-state index is 4.33. The lowest BCUT2D eigenvalue weighted by atomic mass is 10.3. The number of nitrogens with zero attached hydrogens (tertiary/aromatic N) is 1. The zero-order chi connectivity index (χ0) is 12.3. The molecule has 0 aliphatic heterocycles. The molecule has 0 unspecified atom stereocenters. The number of anilines is 2. The van der Waals surface area contributed by atoms with Crippen LogP contribution in [0.1, 0.15) is 0 Å². The van der Waals surface area contributed by atoms with Crippen molar-refractivity contribution >= 4 is 55.1 Å². The van der Waals surface area contributed by atoms with Crippen molar-refractivity contribution in [1.82, 2.24) is 4.98 Å². The highest BCUT2D eigenvalue weighted by Gasteiger charge is 2.05. The first-order chi connectivity index (χ1) is 8.20. The molecule has 1 aromatic carbocycles. The Hall–Kier alpha value is -0.520. The van der Waals surface area contributed by atoms with Gasteiger partial charge in [-0.2, -0.15) is 0 Å². The highest BCUT2D eigenvalue weighted by Crippen LogP contribution is 2.30. The van der Waals surface area contributed by atoms with Crippen LogP contribution in [-0.2, 0) is 0 Å². The molecule has 0 spiro atoms. The molecule has 2 aromatic rings. The summed E-state index contributed by atoms with van der Waals surface area (Å²) in [5, 5.41) is 3.32. The van der Waals surface area contributed by atoms with E-state index in [4.69, 9.17) is 0 Å². The van der Waals surface area contributed by atoms with E-state index in [1.54, 1.807) is 18.0 Å². The van der Waals surface area contributed by atoms with Gasteiger partial charge in [-0.05, 0) is 56.3 Å². The Morgan fingerprint density at radius 3 is 2.71 bits per heavy atom. The van der Waals surface area contributed by atoms with Crippen LogP contribution in [0.15, 0.2) is 50.4 Å². The van der Waals surface area contributed by atoms with Gasteiger partial charge in [0.2, 0.25) is 0 Å². The van der Waals surface area contributed by atoms with Crippen LogP contribution in [0.3, 0.4) is 0 Å². The van der Waals surface area contributed by atoms with Crippen molar-refractivity contribution in [2.75, 3.05) is 11.6 Å². The van der Waals surface area contributed by atoms with Crippen molar-refractivity contribution in [1.29, 1.82) is 0 Å². The number of rotatable bonds is 3. The van der Waals surface area contributed by atoms with E-state index in [2.05, 4.69) is 54.5 Å². The molecule has 0 atom stereocenters. The van der Waals surface area contributed by atoms with Gasteiger partial charge in [-0.15, -0.1) is 11.8 Å². The largest absolute Gasteiger partial charge is 0.338 e. The molecule has 0 bridgehead atoms. The van der Waals surface area contributed by atoms with Gasteiger partial charge in [-0.3, -0.25) is 0 Å². The van der Waals surface area contributed by atoms with Crippen molar-refractivity contribution in [3.63, 3.8) is 0 Å². The van der Waals surface area contributed by atoms with Crippen molar-refractivity contribution in [3.05, 3.63) is 45.5 Å². The second-order valence-corrected chi connectivity index (χ2v) is 5.93. The molecule has 1 N–H and O–H groups in total. The summed E-state index contributed by atoms with van der Waals surface area (Å²) in [5.74, 6) is 0.815. The number of aromatic nitrogens is 1. The number of benzene rings is 1. The molecule has 1 heterocycles. The summed E-state index contributed by atoms with van der Waals surface area (Å²) in [6.07, 6.45) is 3.83. The Morgan fingerprint density at radius 2 is 2.00 bits per heavy atom. The first-order valence-corrected chi connectivity index (χ1v) is 7.73. The molecular formula is C12H10Br2N2S. The van der Waals surface area contributed by atoms with E-state index in [0.29, 0.717) is 0 Å². The van der Waals surface area contributed by atoms with Gasteiger partial charge < -0.3 is 5.32 Å². The molecule has 2 nitrogen and oxygen atoms in total. The highest BCUT2D eigenvalue weighted by atomic mass is 79.9. The summed E-state index contributed by atoms with van der Waals surface area (Å²) in [6, 6.07) is 10.1. The lowest BCUT2D eigenvalue weighted by molar-refractivity contribution is 1.26. The summed E-state index contributed by atoms with van der Waals surface area (Å²) < 4.78 is 1.89. The molecule has 1 aromatic heterocycles. The molecule has 0 aliphatic carbocycles. The minimum Gasteiger partial charge on any atom is -0.338 e. The van der Waals surface area contributed by atoms with Gasteiger partial charge in [0, 0.05) is 15.6 Å². The van der Waals surface area contributed by atoms with Crippen LogP contribution in [0, 0.1) is 0 Å². The monoisotopic (exact) mass is 372 g/mol. The molecule has 2 rings (SSSR count). The first-order valence-electron chi connectivity index (χ1n) is 4.92. The fourth-order valence-corrected chi connectivity index (χ4v) is 3.02. The number of thioether (sulfide) groups is 1. The van der Waals surface area contributed by atoms with Crippen molar-refractivity contribution in [2.24, 2.45) is 0 Å². The van der Waals surface area contributed by atoms with E-state index < -0.39 is 0 Å². The molecule has 0 radical (unpaired) electrons. The lowest BCUT2D eigenvalue weighted by Gasteiger charge is -2.10. The average Bonchev–Trinajstić information content (AvgIpc) is 2.33. The average molecular weight is 374 g/mol. The number of para-hydroxylation sites is 1. The third-order valence-corrected chi connectivity index (χ3v) is 4.00. The minimum absolute atomic E-state index is 0.815. The number of hydrogen-bond acceptors (Lipinski definition) is 3. The Bertz CT molecular complexity index is 532. The molecular weight excluding hydrogens is 364 g/mol. The topological polar surface area (TPSA) is 24.9 Å². The van der Waals surface area contributed by atoms with E-state index >= 15 is 0 Å². The standard InChI is InChI=1S/C12H10Br2N2S/c1-17-11-5-3-2-4-10(11)16-12-9(14)6-8(13)7-15-12/h2-7H,1H3,(H,15,16). The van der Waals surface area contributed by atoms with E-state index in [0.717, 1.165) is 20.5 Å². The first kappa shape index (κ1) is 12.9. The second kappa shape index (κ2) is 5.89. The van der Waals surface area contributed by atoms with Crippen LogP contribution in [-0.4, -0.2) is 11.2 Å². The number of hydrogen-bond donors (Lipinski definition) is 1. The summed E-state index contributed by atoms with van der Waals surface area (Å²) in [6.45, 7) is 0. The molecule has 5 heteroatoms. The van der Waals surface area contributed by atoms with Gasteiger partial charge in [0.15, 0.2) is 0 Å². The van der Waals surface area contributed by atoms with E-state index in [9.17, 15) is 0 Å². The zero-order valence-corrected chi connectivity index (χ0v) is 13.1. The fourth-order valence-electron chi connectivity index (χ4n) is 1.38. The van der Waals surface area contributed by atoms with Crippen LogP contribution in [0.2, 0.25) is 0 Å². The van der Waals surface area contributed by atoms with Gasteiger partial charge in [-0.1, -0.05) is 12.1 Å². The van der Waals surface area contributed by atoms with Crippen molar-refractivity contribution in [3.8, 4) is 0 Å². The van der Waals surface area contributed by atoms with E-state index in [1.165, 1.54) is 4.90 Å². The van der Waals surface area contributed by atoms with Gasteiger partial charge in [0.05, 0.1) is 10.2 Å². The quantitative estimate of drug-likeness (QED) is 0.760. The molecule has 0 amide bonds. The molecule has 0 fully saturated rings.